The first kappa shape index (κ1) is 14.7. The molecule has 0 saturated carbocycles. The number of rotatable bonds is 8. The molecule has 0 saturated heterocycles. The lowest BCUT2D eigenvalue weighted by Crippen LogP contribution is -2.25. The molecule has 106 valence electrons. The fourth-order valence-electron chi connectivity index (χ4n) is 1.78. The molecular formula is C15H19N3OS. The lowest BCUT2D eigenvalue weighted by atomic mass is 10.2. The number of carbonyl (C=O) groups excluding carboxylic acids is 1. The molecule has 4 nitrogen and oxygen atoms in total. The molecule has 0 radical (unpaired) electrons. The average molecular weight is 289 g/mol. The zero-order valence-corrected chi connectivity index (χ0v) is 12.2. The van der Waals surface area contributed by atoms with Crippen molar-refractivity contribution < 1.29 is 4.79 Å². The Hall–Kier alpha value is -1.75. The van der Waals surface area contributed by atoms with Gasteiger partial charge in [-0.1, -0.05) is 30.3 Å². The van der Waals surface area contributed by atoms with Crippen LogP contribution in [-0.4, -0.2) is 28.4 Å². The number of hydrogen-bond donors (Lipinski definition) is 2. The Bertz CT molecular complexity index is 499. The molecule has 0 unspecified atom stereocenters. The summed E-state index contributed by atoms with van der Waals surface area (Å²) >= 11 is 1.79. The number of H-pyrrole nitrogens is 1. The Kier molecular flexibility index (Phi) is 6.17. The summed E-state index contributed by atoms with van der Waals surface area (Å²) in [6, 6.07) is 10.3. The van der Waals surface area contributed by atoms with Crippen molar-refractivity contribution in [2.24, 2.45) is 0 Å². The van der Waals surface area contributed by atoms with Gasteiger partial charge in [0.05, 0.1) is 6.20 Å². The van der Waals surface area contributed by atoms with E-state index in [1.54, 1.807) is 18.0 Å². The van der Waals surface area contributed by atoms with Gasteiger partial charge in [0.1, 0.15) is 0 Å². The number of nitrogens with one attached hydrogen (secondary N) is 2. The average Bonchev–Trinajstić information content (AvgIpc) is 2.98. The van der Waals surface area contributed by atoms with E-state index in [-0.39, 0.29) is 5.91 Å². The van der Waals surface area contributed by atoms with E-state index in [0.29, 0.717) is 13.0 Å². The number of aromatic amines is 1. The molecule has 0 fully saturated rings. The van der Waals surface area contributed by atoms with Crippen LogP contribution in [0, 0.1) is 0 Å². The third kappa shape index (κ3) is 5.48. The molecule has 1 aromatic carbocycles. The van der Waals surface area contributed by atoms with Crippen molar-refractivity contribution in [3.8, 4) is 0 Å². The van der Waals surface area contributed by atoms with Crippen LogP contribution in [0.2, 0.25) is 0 Å². The fourth-order valence-corrected chi connectivity index (χ4v) is 2.68. The SMILES string of the molecule is O=C(CCSCc1ccccc1)NCCc1cn[nH]c1. The maximum Gasteiger partial charge on any atom is 0.220 e. The van der Waals surface area contributed by atoms with E-state index in [9.17, 15) is 4.79 Å². The highest BCUT2D eigenvalue weighted by Gasteiger charge is 2.01. The summed E-state index contributed by atoms with van der Waals surface area (Å²) < 4.78 is 0. The summed E-state index contributed by atoms with van der Waals surface area (Å²) in [5.41, 5.74) is 2.42. The summed E-state index contributed by atoms with van der Waals surface area (Å²) in [5, 5.41) is 9.55. The first-order valence-electron chi connectivity index (χ1n) is 6.70. The van der Waals surface area contributed by atoms with Crippen molar-refractivity contribution in [1.29, 1.82) is 0 Å². The van der Waals surface area contributed by atoms with Gasteiger partial charge in [-0.25, -0.2) is 0 Å². The molecule has 0 spiro atoms. The van der Waals surface area contributed by atoms with Crippen LogP contribution in [0.25, 0.3) is 0 Å². The molecule has 0 aliphatic rings. The van der Waals surface area contributed by atoms with Crippen LogP contribution in [0.4, 0.5) is 0 Å². The van der Waals surface area contributed by atoms with Crippen LogP contribution < -0.4 is 5.32 Å². The van der Waals surface area contributed by atoms with Crippen LogP contribution in [0.3, 0.4) is 0 Å². The first-order chi connectivity index (χ1) is 9.84. The summed E-state index contributed by atoms with van der Waals surface area (Å²) in [7, 11) is 0. The normalized spacial score (nSPS) is 10.4. The van der Waals surface area contributed by atoms with Crippen molar-refractivity contribution in [3.05, 3.63) is 53.9 Å². The van der Waals surface area contributed by atoms with Gasteiger partial charge in [-0.15, -0.1) is 0 Å². The maximum atomic E-state index is 11.6. The third-order valence-electron chi connectivity index (χ3n) is 2.88. The van der Waals surface area contributed by atoms with Gasteiger partial charge < -0.3 is 5.32 Å². The number of amides is 1. The van der Waals surface area contributed by atoms with Crippen molar-refractivity contribution in [2.75, 3.05) is 12.3 Å². The van der Waals surface area contributed by atoms with Gasteiger partial charge in [-0.2, -0.15) is 16.9 Å². The fraction of sp³-hybridized carbons (Fsp3) is 0.333. The molecule has 0 aliphatic carbocycles. The number of carbonyl (C=O) groups is 1. The molecular weight excluding hydrogens is 270 g/mol. The Morgan fingerprint density at radius 3 is 2.85 bits per heavy atom. The number of hydrogen-bond acceptors (Lipinski definition) is 3. The number of benzene rings is 1. The molecule has 0 aliphatic heterocycles. The van der Waals surface area contributed by atoms with Crippen molar-refractivity contribution in [3.63, 3.8) is 0 Å². The molecule has 1 aromatic heterocycles. The molecule has 0 atom stereocenters. The highest BCUT2D eigenvalue weighted by Crippen LogP contribution is 2.12. The van der Waals surface area contributed by atoms with Gasteiger partial charge in [0.25, 0.3) is 0 Å². The number of thioether (sulfide) groups is 1. The lowest BCUT2D eigenvalue weighted by Gasteiger charge is -2.04. The van der Waals surface area contributed by atoms with Crippen LogP contribution in [0.1, 0.15) is 17.5 Å². The largest absolute Gasteiger partial charge is 0.356 e. The van der Waals surface area contributed by atoms with Crippen molar-refractivity contribution in [2.45, 2.75) is 18.6 Å². The topological polar surface area (TPSA) is 57.8 Å². The van der Waals surface area contributed by atoms with Gasteiger partial charge >= 0.3 is 0 Å². The smallest absolute Gasteiger partial charge is 0.220 e. The molecule has 0 bridgehead atoms. The monoisotopic (exact) mass is 289 g/mol. The molecule has 20 heavy (non-hydrogen) atoms. The maximum absolute atomic E-state index is 11.6. The van der Waals surface area contributed by atoms with Gasteiger partial charge in [0, 0.05) is 30.7 Å². The van der Waals surface area contributed by atoms with Crippen molar-refractivity contribution >= 4 is 17.7 Å². The van der Waals surface area contributed by atoms with Gasteiger partial charge in [0.2, 0.25) is 5.91 Å². The Morgan fingerprint density at radius 1 is 1.25 bits per heavy atom. The molecule has 2 rings (SSSR count). The summed E-state index contributed by atoms with van der Waals surface area (Å²) in [6.45, 7) is 0.668. The summed E-state index contributed by atoms with van der Waals surface area (Å²) in [6.07, 6.45) is 5.02. The van der Waals surface area contributed by atoms with Gasteiger partial charge in [0.15, 0.2) is 0 Å². The van der Waals surface area contributed by atoms with E-state index in [1.807, 2.05) is 24.4 Å². The third-order valence-corrected chi connectivity index (χ3v) is 3.91. The zero-order valence-electron chi connectivity index (χ0n) is 11.3. The summed E-state index contributed by atoms with van der Waals surface area (Å²) in [4.78, 5) is 11.6. The molecule has 2 N–H and O–H groups in total. The number of nitrogens with zero attached hydrogens (tertiary/aromatic N) is 1. The molecule has 1 amide bonds. The minimum absolute atomic E-state index is 0.119. The predicted octanol–water partition coefficient (Wildman–Crippen LogP) is 2.39. The van der Waals surface area contributed by atoms with E-state index >= 15 is 0 Å². The Morgan fingerprint density at radius 2 is 2.10 bits per heavy atom. The quantitative estimate of drug-likeness (QED) is 0.734. The van der Waals surface area contributed by atoms with E-state index in [4.69, 9.17) is 0 Å². The first-order valence-corrected chi connectivity index (χ1v) is 7.86. The standard InChI is InChI=1S/C15H19N3OS/c19-15(16-8-6-14-10-17-18-11-14)7-9-20-12-13-4-2-1-3-5-13/h1-5,10-11H,6-9,12H2,(H,16,19)(H,17,18). The van der Waals surface area contributed by atoms with Gasteiger partial charge in [-0.3, -0.25) is 9.89 Å². The van der Waals surface area contributed by atoms with Crippen LogP contribution in [0.15, 0.2) is 42.7 Å². The van der Waals surface area contributed by atoms with Crippen LogP contribution in [0.5, 0.6) is 0 Å². The minimum Gasteiger partial charge on any atom is -0.356 e. The predicted molar refractivity (Wildman–Crippen MR) is 82.5 cm³/mol. The minimum atomic E-state index is 0.119. The van der Waals surface area contributed by atoms with E-state index in [0.717, 1.165) is 23.5 Å². The van der Waals surface area contributed by atoms with E-state index < -0.39 is 0 Å². The second-order valence-corrected chi connectivity index (χ2v) is 5.60. The van der Waals surface area contributed by atoms with Crippen LogP contribution >= 0.6 is 11.8 Å². The highest BCUT2D eigenvalue weighted by molar-refractivity contribution is 7.98. The molecule has 5 heteroatoms. The number of aromatic nitrogens is 2. The van der Waals surface area contributed by atoms with E-state index in [2.05, 4.69) is 27.6 Å². The van der Waals surface area contributed by atoms with E-state index in [1.165, 1.54) is 5.56 Å². The zero-order chi connectivity index (χ0) is 14.0. The second-order valence-electron chi connectivity index (χ2n) is 4.49. The van der Waals surface area contributed by atoms with Crippen molar-refractivity contribution in [1.82, 2.24) is 15.5 Å². The lowest BCUT2D eigenvalue weighted by molar-refractivity contribution is -0.120. The second kappa shape index (κ2) is 8.43. The Balaban J connectivity index is 1.52. The highest BCUT2D eigenvalue weighted by atomic mass is 32.2. The summed E-state index contributed by atoms with van der Waals surface area (Å²) in [5.74, 6) is 1.93. The Labute approximate surface area is 123 Å². The van der Waals surface area contributed by atoms with Crippen LogP contribution in [-0.2, 0) is 17.0 Å². The molecule has 2 aromatic rings. The van der Waals surface area contributed by atoms with Gasteiger partial charge in [-0.05, 0) is 17.5 Å². The molecule has 1 heterocycles.